The van der Waals surface area contributed by atoms with Crippen molar-refractivity contribution in [1.29, 1.82) is 0 Å². The second-order valence-electron chi connectivity index (χ2n) is 6.45. The molecule has 0 aliphatic heterocycles. The van der Waals surface area contributed by atoms with Crippen LogP contribution in [-0.4, -0.2) is 40.0 Å². The van der Waals surface area contributed by atoms with Crippen LogP contribution in [0.2, 0.25) is 0 Å². The Morgan fingerprint density at radius 1 is 1.36 bits per heavy atom. The van der Waals surface area contributed by atoms with Gasteiger partial charge in [-0.25, -0.2) is 13.2 Å². The van der Waals surface area contributed by atoms with Gasteiger partial charge in [-0.2, -0.15) is 9.40 Å². The summed E-state index contributed by atoms with van der Waals surface area (Å²) in [5.74, 6) is -1.05. The van der Waals surface area contributed by atoms with Crippen molar-refractivity contribution < 1.29 is 18.3 Å². The van der Waals surface area contributed by atoms with Gasteiger partial charge in [0.25, 0.3) is 0 Å². The predicted molar refractivity (Wildman–Crippen MR) is 91.6 cm³/mol. The molecule has 1 aliphatic carbocycles. The van der Waals surface area contributed by atoms with Crippen LogP contribution in [0.15, 0.2) is 35.2 Å². The number of hydrogen-bond acceptors (Lipinski definition) is 4. The fourth-order valence-electron chi connectivity index (χ4n) is 3.02. The Kier molecular flexibility index (Phi) is 4.66. The minimum atomic E-state index is -4.01. The van der Waals surface area contributed by atoms with E-state index < -0.39 is 21.7 Å². The molecule has 7 nitrogen and oxygen atoms in total. The van der Waals surface area contributed by atoms with E-state index in [1.54, 1.807) is 0 Å². The fraction of sp³-hybridized carbons (Fsp3) is 0.412. The van der Waals surface area contributed by atoms with Crippen LogP contribution in [-0.2, 0) is 16.6 Å². The molecule has 1 fully saturated rings. The monoisotopic (exact) mass is 363 g/mol. The average Bonchev–Trinajstić information content (AvgIpc) is 3.34. The number of aryl methyl sites for hydroxylation is 1. The third kappa shape index (κ3) is 3.45. The van der Waals surface area contributed by atoms with Gasteiger partial charge in [0, 0.05) is 12.6 Å². The normalized spacial score (nSPS) is 16.1. The van der Waals surface area contributed by atoms with E-state index in [9.17, 15) is 18.3 Å². The molecule has 25 heavy (non-hydrogen) atoms. The van der Waals surface area contributed by atoms with E-state index in [1.165, 1.54) is 11.2 Å². The number of carboxylic acid groups (broad SMARTS) is 1. The van der Waals surface area contributed by atoms with Crippen LogP contribution in [0.5, 0.6) is 0 Å². The topological polar surface area (TPSA) is 103 Å². The highest BCUT2D eigenvalue weighted by Crippen LogP contribution is 2.38. The fourth-order valence-corrected chi connectivity index (χ4v) is 5.00. The van der Waals surface area contributed by atoms with Gasteiger partial charge in [-0.05, 0) is 38.2 Å². The third-order valence-corrected chi connectivity index (χ3v) is 6.69. The molecular weight excluding hydrogens is 342 g/mol. The highest BCUT2D eigenvalue weighted by atomic mass is 32.2. The number of carbonyl (C=O) groups is 1. The van der Waals surface area contributed by atoms with Gasteiger partial charge in [0.2, 0.25) is 10.0 Å². The van der Waals surface area contributed by atoms with Gasteiger partial charge in [0.1, 0.15) is 4.90 Å². The minimum absolute atomic E-state index is 0.199. The molecular formula is C17H21N3O4S. The van der Waals surface area contributed by atoms with Gasteiger partial charge in [-0.15, -0.1) is 0 Å². The number of rotatable bonds is 7. The number of nitrogens with zero attached hydrogens (tertiary/aromatic N) is 2. The lowest BCUT2D eigenvalue weighted by atomic mass is 10.2. The van der Waals surface area contributed by atoms with Crippen molar-refractivity contribution in [1.82, 2.24) is 14.5 Å². The molecule has 1 heterocycles. The van der Waals surface area contributed by atoms with Crippen molar-refractivity contribution in [2.45, 2.75) is 44.2 Å². The first-order chi connectivity index (χ1) is 11.8. The van der Waals surface area contributed by atoms with Crippen LogP contribution >= 0.6 is 0 Å². The first-order valence-electron chi connectivity index (χ1n) is 8.16. The van der Waals surface area contributed by atoms with E-state index in [1.807, 2.05) is 37.3 Å². The highest BCUT2D eigenvalue weighted by molar-refractivity contribution is 7.89. The van der Waals surface area contributed by atoms with Crippen molar-refractivity contribution in [3.05, 3.63) is 47.3 Å². The lowest BCUT2D eigenvalue weighted by Crippen LogP contribution is -2.40. The molecule has 0 bridgehead atoms. The Morgan fingerprint density at radius 2 is 2.00 bits per heavy atom. The van der Waals surface area contributed by atoms with E-state index in [4.69, 9.17) is 0 Å². The number of nitrogens with one attached hydrogen (secondary N) is 1. The molecule has 8 heteroatoms. The standard InChI is InChI=1S/C17H21N3O4S/c1-11-16(15(17(21)22)19-18-11)25(23,24)20(12(2)14-8-9-14)10-13-6-4-3-5-7-13/h3-7,12,14H,8-10H2,1-2H3,(H,18,19)(H,21,22). The van der Waals surface area contributed by atoms with E-state index in [-0.39, 0.29) is 23.2 Å². The first-order valence-corrected chi connectivity index (χ1v) is 9.60. The number of aromatic carboxylic acids is 1. The van der Waals surface area contributed by atoms with E-state index >= 15 is 0 Å². The largest absolute Gasteiger partial charge is 0.476 e. The molecule has 1 unspecified atom stereocenters. The maximum absolute atomic E-state index is 13.3. The molecule has 134 valence electrons. The summed E-state index contributed by atoms with van der Waals surface area (Å²) in [5.41, 5.74) is 0.633. The third-order valence-electron chi connectivity index (χ3n) is 4.60. The number of benzene rings is 1. The lowest BCUT2D eigenvalue weighted by Gasteiger charge is -2.28. The SMILES string of the molecule is Cc1[nH]nc(C(=O)O)c1S(=O)(=O)N(Cc1ccccc1)C(C)C1CC1. The number of hydrogen-bond donors (Lipinski definition) is 2. The van der Waals surface area contributed by atoms with Crippen LogP contribution in [0.1, 0.15) is 41.5 Å². The number of sulfonamides is 1. The maximum Gasteiger partial charge on any atom is 0.357 e. The molecule has 0 spiro atoms. The van der Waals surface area contributed by atoms with E-state index in [0.29, 0.717) is 5.92 Å². The van der Waals surface area contributed by atoms with Crippen LogP contribution in [0, 0.1) is 12.8 Å². The summed E-state index contributed by atoms with van der Waals surface area (Å²) in [6.07, 6.45) is 1.97. The molecule has 2 N–H and O–H groups in total. The lowest BCUT2D eigenvalue weighted by molar-refractivity contribution is 0.0686. The summed E-state index contributed by atoms with van der Waals surface area (Å²) in [6, 6.07) is 9.10. The summed E-state index contributed by atoms with van der Waals surface area (Å²) in [7, 11) is -4.01. The average molecular weight is 363 g/mol. The molecule has 1 atom stereocenters. The molecule has 2 aromatic rings. The summed E-state index contributed by atoms with van der Waals surface area (Å²) < 4.78 is 28.0. The molecule has 1 aliphatic rings. The highest BCUT2D eigenvalue weighted by Gasteiger charge is 2.41. The molecule has 3 rings (SSSR count). The number of aromatic nitrogens is 2. The number of aromatic amines is 1. The van der Waals surface area contributed by atoms with Crippen LogP contribution in [0.3, 0.4) is 0 Å². The molecule has 1 aromatic heterocycles. The Morgan fingerprint density at radius 3 is 2.56 bits per heavy atom. The number of H-pyrrole nitrogens is 1. The first kappa shape index (κ1) is 17.6. The second-order valence-corrected chi connectivity index (χ2v) is 8.27. The van der Waals surface area contributed by atoms with Crippen LogP contribution < -0.4 is 0 Å². The zero-order valence-corrected chi connectivity index (χ0v) is 15.0. The Balaban J connectivity index is 2.05. The molecule has 0 radical (unpaired) electrons. The van der Waals surface area contributed by atoms with Crippen molar-refractivity contribution in [2.75, 3.05) is 0 Å². The molecule has 1 aromatic carbocycles. The van der Waals surface area contributed by atoms with Crippen LogP contribution in [0.25, 0.3) is 0 Å². The van der Waals surface area contributed by atoms with Crippen molar-refractivity contribution in [3.8, 4) is 0 Å². The second kappa shape index (κ2) is 6.61. The Bertz CT molecular complexity index is 873. The maximum atomic E-state index is 13.3. The zero-order valence-electron chi connectivity index (χ0n) is 14.1. The summed E-state index contributed by atoms with van der Waals surface area (Å²) in [4.78, 5) is 11.2. The summed E-state index contributed by atoms with van der Waals surface area (Å²) in [5, 5.41) is 15.5. The Labute approximate surface area is 146 Å². The predicted octanol–water partition coefficient (Wildman–Crippen LogP) is 2.41. The summed E-state index contributed by atoms with van der Waals surface area (Å²) >= 11 is 0. The van der Waals surface area contributed by atoms with Gasteiger partial charge in [0.05, 0.1) is 5.69 Å². The van der Waals surface area contributed by atoms with Gasteiger partial charge in [0.15, 0.2) is 5.69 Å². The smallest absolute Gasteiger partial charge is 0.357 e. The van der Waals surface area contributed by atoms with Gasteiger partial charge in [-0.1, -0.05) is 30.3 Å². The minimum Gasteiger partial charge on any atom is -0.476 e. The molecule has 0 amide bonds. The van der Waals surface area contributed by atoms with Gasteiger partial charge >= 0.3 is 5.97 Å². The molecule has 0 saturated heterocycles. The molecule has 1 saturated carbocycles. The quantitative estimate of drug-likeness (QED) is 0.786. The van der Waals surface area contributed by atoms with Gasteiger partial charge < -0.3 is 5.11 Å². The van der Waals surface area contributed by atoms with Gasteiger partial charge in [-0.3, -0.25) is 5.10 Å². The number of carboxylic acids is 1. The Hall–Kier alpha value is -2.19. The van der Waals surface area contributed by atoms with Crippen molar-refractivity contribution in [2.24, 2.45) is 5.92 Å². The van der Waals surface area contributed by atoms with Crippen LogP contribution in [0.4, 0.5) is 0 Å². The van der Waals surface area contributed by atoms with Crippen molar-refractivity contribution >= 4 is 16.0 Å². The summed E-state index contributed by atoms with van der Waals surface area (Å²) in [6.45, 7) is 3.60. The van der Waals surface area contributed by atoms with E-state index in [0.717, 1.165) is 18.4 Å². The van der Waals surface area contributed by atoms with E-state index in [2.05, 4.69) is 10.2 Å². The van der Waals surface area contributed by atoms with Crippen molar-refractivity contribution in [3.63, 3.8) is 0 Å². The zero-order chi connectivity index (χ0) is 18.2.